The maximum absolute atomic E-state index is 12.9. The molecule has 2 nitrogen and oxygen atoms in total. The van der Waals surface area contributed by atoms with Crippen LogP contribution in [0.15, 0.2) is 0 Å². The Balaban J connectivity index is 2.53. The highest BCUT2D eigenvalue weighted by Gasteiger charge is 2.42. The lowest BCUT2D eigenvalue weighted by molar-refractivity contribution is -0.155. The third-order valence-corrected chi connectivity index (χ3v) is 2.72. The maximum Gasteiger partial charge on any atom is 0.309 e. The number of carbonyl (C=O) groups excluding carboxylic acids is 1. The van der Waals surface area contributed by atoms with Gasteiger partial charge in [0.2, 0.25) is 5.92 Å². The molecule has 2 atom stereocenters. The molecule has 1 aliphatic rings. The zero-order valence-corrected chi connectivity index (χ0v) is 8.56. The van der Waals surface area contributed by atoms with Crippen molar-refractivity contribution in [1.82, 2.24) is 0 Å². The fraction of sp³-hybridized carbons (Fsp3) is 0.900. The molecule has 0 bridgehead atoms. The van der Waals surface area contributed by atoms with Crippen molar-refractivity contribution in [3.8, 4) is 0 Å². The number of hydrogen-bond donors (Lipinski definition) is 0. The van der Waals surface area contributed by atoms with Crippen LogP contribution in [0.4, 0.5) is 8.78 Å². The number of ether oxygens (including phenoxy) is 1. The molecular formula is C10H16F2O2. The highest BCUT2D eigenvalue weighted by Crippen LogP contribution is 2.40. The van der Waals surface area contributed by atoms with Gasteiger partial charge >= 0.3 is 5.97 Å². The predicted octanol–water partition coefficient (Wildman–Crippen LogP) is 2.62. The largest absolute Gasteiger partial charge is 0.466 e. The normalized spacial score (nSPS) is 31.1. The number of hydrogen-bond acceptors (Lipinski definition) is 2. The Kier molecular flexibility index (Phi) is 3.45. The van der Waals surface area contributed by atoms with E-state index in [-0.39, 0.29) is 37.1 Å². The monoisotopic (exact) mass is 206 g/mol. The van der Waals surface area contributed by atoms with Gasteiger partial charge in [0.1, 0.15) is 0 Å². The maximum atomic E-state index is 12.9. The second kappa shape index (κ2) is 4.24. The SMILES string of the molecule is CCOC(=O)C1CCC(F)(F)CC1C. The van der Waals surface area contributed by atoms with Crippen LogP contribution in [0, 0.1) is 11.8 Å². The lowest BCUT2D eigenvalue weighted by Gasteiger charge is -2.32. The Bertz CT molecular complexity index is 216. The first kappa shape index (κ1) is 11.4. The van der Waals surface area contributed by atoms with Gasteiger partial charge in [-0.3, -0.25) is 4.79 Å². The Morgan fingerprint density at radius 2 is 2.21 bits per heavy atom. The van der Waals surface area contributed by atoms with Gasteiger partial charge in [-0.2, -0.15) is 0 Å². The second-order valence-corrected chi connectivity index (χ2v) is 3.93. The van der Waals surface area contributed by atoms with Gasteiger partial charge in [-0.1, -0.05) is 6.92 Å². The molecule has 14 heavy (non-hydrogen) atoms. The number of alkyl halides is 2. The molecule has 0 aromatic carbocycles. The summed E-state index contributed by atoms with van der Waals surface area (Å²) in [5.41, 5.74) is 0. The standard InChI is InChI=1S/C10H16F2O2/c1-3-14-9(13)8-4-5-10(11,12)6-7(8)2/h7-8H,3-6H2,1-2H3. The van der Waals surface area contributed by atoms with Gasteiger partial charge < -0.3 is 4.74 Å². The van der Waals surface area contributed by atoms with Crippen LogP contribution in [-0.4, -0.2) is 18.5 Å². The van der Waals surface area contributed by atoms with E-state index in [4.69, 9.17) is 4.74 Å². The topological polar surface area (TPSA) is 26.3 Å². The fourth-order valence-corrected chi connectivity index (χ4v) is 1.97. The lowest BCUT2D eigenvalue weighted by atomic mass is 9.78. The van der Waals surface area contributed by atoms with Crippen LogP contribution in [0.1, 0.15) is 33.1 Å². The van der Waals surface area contributed by atoms with Crippen molar-refractivity contribution >= 4 is 5.97 Å². The molecule has 1 fully saturated rings. The zero-order valence-electron chi connectivity index (χ0n) is 8.56. The van der Waals surface area contributed by atoms with Crippen LogP contribution >= 0.6 is 0 Å². The number of halogens is 2. The first-order chi connectivity index (χ1) is 6.46. The van der Waals surface area contributed by atoms with E-state index in [1.165, 1.54) is 0 Å². The van der Waals surface area contributed by atoms with E-state index in [1.807, 2.05) is 0 Å². The molecule has 2 unspecified atom stereocenters. The minimum Gasteiger partial charge on any atom is -0.466 e. The molecule has 0 aromatic heterocycles. The van der Waals surface area contributed by atoms with E-state index in [0.717, 1.165) is 0 Å². The molecule has 0 aliphatic heterocycles. The summed E-state index contributed by atoms with van der Waals surface area (Å²) in [7, 11) is 0. The second-order valence-electron chi connectivity index (χ2n) is 3.93. The van der Waals surface area contributed by atoms with E-state index in [0.29, 0.717) is 6.61 Å². The summed E-state index contributed by atoms with van der Waals surface area (Å²) in [4.78, 5) is 11.4. The van der Waals surface area contributed by atoms with Crippen molar-refractivity contribution in [2.45, 2.75) is 39.0 Å². The van der Waals surface area contributed by atoms with Crippen LogP contribution in [0.5, 0.6) is 0 Å². The molecule has 1 aliphatic carbocycles. The van der Waals surface area contributed by atoms with Crippen molar-refractivity contribution in [1.29, 1.82) is 0 Å². The number of rotatable bonds is 2. The molecule has 0 saturated heterocycles. The Morgan fingerprint density at radius 1 is 1.57 bits per heavy atom. The van der Waals surface area contributed by atoms with E-state index < -0.39 is 5.92 Å². The fourth-order valence-electron chi connectivity index (χ4n) is 1.97. The molecule has 1 rings (SSSR count). The summed E-state index contributed by atoms with van der Waals surface area (Å²) in [5, 5.41) is 0. The zero-order chi connectivity index (χ0) is 10.8. The van der Waals surface area contributed by atoms with Gasteiger partial charge in [-0.05, 0) is 19.3 Å². The average Bonchev–Trinajstić information content (AvgIpc) is 2.02. The Hall–Kier alpha value is -0.670. The highest BCUT2D eigenvalue weighted by molar-refractivity contribution is 5.72. The van der Waals surface area contributed by atoms with Gasteiger partial charge in [-0.25, -0.2) is 8.78 Å². The van der Waals surface area contributed by atoms with Crippen LogP contribution in [0.3, 0.4) is 0 Å². The molecule has 0 spiro atoms. The van der Waals surface area contributed by atoms with Crippen LogP contribution in [0.25, 0.3) is 0 Å². The molecule has 0 N–H and O–H groups in total. The average molecular weight is 206 g/mol. The summed E-state index contributed by atoms with van der Waals surface area (Å²) >= 11 is 0. The third kappa shape index (κ3) is 2.66. The van der Waals surface area contributed by atoms with Crippen LogP contribution < -0.4 is 0 Å². The Morgan fingerprint density at radius 3 is 2.71 bits per heavy atom. The summed E-state index contributed by atoms with van der Waals surface area (Å²) in [6.07, 6.45) is -0.149. The van der Waals surface area contributed by atoms with Crippen LogP contribution in [-0.2, 0) is 9.53 Å². The quantitative estimate of drug-likeness (QED) is 0.649. The summed E-state index contributed by atoms with van der Waals surface area (Å²) in [5.74, 6) is -3.54. The summed E-state index contributed by atoms with van der Waals surface area (Å²) in [6, 6.07) is 0. The van der Waals surface area contributed by atoms with Gasteiger partial charge in [0, 0.05) is 12.8 Å². The van der Waals surface area contributed by atoms with Crippen molar-refractivity contribution in [3.05, 3.63) is 0 Å². The van der Waals surface area contributed by atoms with Gasteiger partial charge in [0.25, 0.3) is 0 Å². The van der Waals surface area contributed by atoms with Gasteiger partial charge in [-0.15, -0.1) is 0 Å². The molecule has 82 valence electrons. The van der Waals surface area contributed by atoms with E-state index in [1.54, 1.807) is 13.8 Å². The molecule has 4 heteroatoms. The summed E-state index contributed by atoms with van der Waals surface area (Å²) in [6.45, 7) is 3.73. The third-order valence-electron chi connectivity index (χ3n) is 2.72. The molecule has 0 amide bonds. The minimum absolute atomic E-state index is 0.194. The van der Waals surface area contributed by atoms with E-state index in [2.05, 4.69) is 0 Å². The van der Waals surface area contributed by atoms with Crippen molar-refractivity contribution < 1.29 is 18.3 Å². The molecule has 0 aromatic rings. The number of carbonyl (C=O) groups is 1. The van der Waals surface area contributed by atoms with Gasteiger partial charge in [0.05, 0.1) is 12.5 Å². The van der Waals surface area contributed by atoms with Gasteiger partial charge in [0.15, 0.2) is 0 Å². The molecule has 1 saturated carbocycles. The smallest absolute Gasteiger partial charge is 0.309 e. The molecule has 0 radical (unpaired) electrons. The Labute approximate surface area is 82.6 Å². The van der Waals surface area contributed by atoms with E-state index in [9.17, 15) is 13.6 Å². The molecule has 0 heterocycles. The van der Waals surface area contributed by atoms with Crippen molar-refractivity contribution in [3.63, 3.8) is 0 Å². The van der Waals surface area contributed by atoms with Crippen molar-refractivity contribution in [2.75, 3.05) is 6.61 Å². The van der Waals surface area contributed by atoms with E-state index >= 15 is 0 Å². The van der Waals surface area contributed by atoms with Crippen LogP contribution in [0.2, 0.25) is 0 Å². The molecular weight excluding hydrogens is 190 g/mol. The minimum atomic E-state index is -2.59. The highest BCUT2D eigenvalue weighted by atomic mass is 19.3. The lowest BCUT2D eigenvalue weighted by Crippen LogP contribution is -2.35. The number of esters is 1. The summed E-state index contributed by atoms with van der Waals surface area (Å²) < 4.78 is 30.7. The first-order valence-electron chi connectivity index (χ1n) is 5.00. The predicted molar refractivity (Wildman–Crippen MR) is 48.1 cm³/mol. The van der Waals surface area contributed by atoms with Crippen molar-refractivity contribution in [2.24, 2.45) is 11.8 Å². The first-order valence-corrected chi connectivity index (χ1v) is 5.00.